The van der Waals surface area contributed by atoms with E-state index in [0.29, 0.717) is 61.1 Å². The third kappa shape index (κ3) is 12.8. The van der Waals surface area contributed by atoms with Crippen molar-refractivity contribution in [2.45, 2.75) is 112 Å². The van der Waals surface area contributed by atoms with Crippen molar-refractivity contribution >= 4 is 98.0 Å². The number of fused-ring (bicyclic) bond motifs is 2. The van der Waals surface area contributed by atoms with Crippen LogP contribution in [-0.2, 0) is 28.7 Å². The van der Waals surface area contributed by atoms with Gasteiger partial charge in [0.1, 0.15) is 28.7 Å². The molecule has 66 heavy (non-hydrogen) atoms. The van der Waals surface area contributed by atoms with Gasteiger partial charge in [-0.05, 0) is 62.6 Å². The molecule has 0 aliphatic rings. The van der Waals surface area contributed by atoms with Gasteiger partial charge in [0.15, 0.2) is 34.9 Å². The summed E-state index contributed by atoms with van der Waals surface area (Å²) in [6.45, 7) is 18.7. The summed E-state index contributed by atoms with van der Waals surface area (Å²) < 4.78 is 8.24. The summed E-state index contributed by atoms with van der Waals surface area (Å²) in [6.07, 6.45) is 9.67. The second-order valence-corrected chi connectivity index (χ2v) is 19.6. The highest BCUT2D eigenvalue weighted by atomic mass is 35.5. The van der Waals surface area contributed by atoms with E-state index in [0.717, 1.165) is 36.8 Å². The summed E-state index contributed by atoms with van der Waals surface area (Å²) in [5, 5.41) is 6.79. The first-order valence-corrected chi connectivity index (χ1v) is 23.2. The first-order chi connectivity index (χ1) is 31.1. The van der Waals surface area contributed by atoms with Gasteiger partial charge in [0.05, 0.1) is 52.1 Å². The molecular weight excluding hydrogens is 904 g/mol. The molecule has 2 atom stereocenters. The molecular formula is C47H56Cl2N10O6S. The highest BCUT2D eigenvalue weighted by Gasteiger charge is 2.39. The average molecular weight is 960 g/mol. The molecule has 0 bridgehead atoms. The first kappa shape index (κ1) is 51.2. The van der Waals surface area contributed by atoms with Crippen molar-refractivity contribution in [1.29, 1.82) is 0 Å². The molecule has 2 unspecified atom stereocenters. The number of nitrogens with zero attached hydrogens (tertiary/aromatic N) is 8. The molecule has 0 aliphatic heterocycles. The van der Waals surface area contributed by atoms with Gasteiger partial charge in [-0.25, -0.2) is 29.9 Å². The van der Waals surface area contributed by atoms with Crippen molar-refractivity contribution in [3.05, 3.63) is 88.6 Å². The van der Waals surface area contributed by atoms with Gasteiger partial charge in [0.2, 0.25) is 0 Å². The minimum absolute atomic E-state index is 0.0590. The molecule has 350 valence electrons. The van der Waals surface area contributed by atoms with Gasteiger partial charge in [-0.2, -0.15) is 0 Å². The number of amides is 2. The fourth-order valence-electron chi connectivity index (χ4n) is 6.59. The van der Waals surface area contributed by atoms with Crippen molar-refractivity contribution in [2.75, 3.05) is 23.0 Å². The van der Waals surface area contributed by atoms with E-state index in [2.05, 4.69) is 47.5 Å². The number of carbonyl (C=O) groups is 5. The Morgan fingerprint density at radius 1 is 0.667 bits per heavy atom. The number of carbonyl (C=O) groups excluding carboxylic acids is 5. The van der Waals surface area contributed by atoms with Crippen LogP contribution in [-0.4, -0.2) is 80.7 Å². The maximum Gasteiger partial charge on any atom is 0.316 e. The first-order valence-electron chi connectivity index (χ1n) is 21.4. The summed E-state index contributed by atoms with van der Waals surface area (Å²) in [4.78, 5) is 91.2. The Hall–Kier alpha value is -5.78. The van der Waals surface area contributed by atoms with Crippen LogP contribution in [0.1, 0.15) is 103 Å². The molecule has 2 amide bonds. The van der Waals surface area contributed by atoms with Crippen molar-refractivity contribution < 1.29 is 28.7 Å². The van der Waals surface area contributed by atoms with E-state index in [1.807, 2.05) is 26.0 Å². The van der Waals surface area contributed by atoms with Crippen LogP contribution in [0.5, 0.6) is 0 Å². The molecule has 0 saturated heterocycles. The van der Waals surface area contributed by atoms with Gasteiger partial charge >= 0.3 is 5.97 Å². The zero-order chi connectivity index (χ0) is 48.5. The molecule has 0 spiro atoms. The zero-order valence-corrected chi connectivity index (χ0v) is 41.2. The fourth-order valence-corrected chi connectivity index (χ4v) is 7.78. The Bertz CT molecular complexity index is 2740. The van der Waals surface area contributed by atoms with Crippen molar-refractivity contribution in [1.82, 2.24) is 39.0 Å². The number of aromatic nitrogens is 8. The molecule has 0 aliphatic carbocycles. The average Bonchev–Trinajstić information content (AvgIpc) is 3.88. The highest BCUT2D eigenvalue weighted by molar-refractivity contribution is 8.00. The number of hydrogen-bond acceptors (Lipinski definition) is 13. The molecule has 4 aromatic heterocycles. The quantitative estimate of drug-likeness (QED) is 0.0305. The van der Waals surface area contributed by atoms with Crippen molar-refractivity contribution in [2.24, 2.45) is 10.8 Å². The standard InChI is InChI=1S/C27H34ClN5O4S.C20H22ClN5O2/c1-6-7-8-9-12-37-20(34)14-38-26-21-24(29-15-30-26)33(16-31-21)22(23(35)27(3,4)5)25(36)32-19-11-10-17(2)13-18(19)28;1-11-6-7-13(21)14(8-11)25-19(28)16(17(27)20(3,4)5)26-10-24-15-12(2)22-9-23-18(15)26/h10-11,13,15-16,22H,6-9,12,14H2,1-5H3,(H,32,36);6-10,16H,1-5H3,(H,25,28). The number of imidazole rings is 2. The van der Waals surface area contributed by atoms with E-state index in [1.54, 1.807) is 72.7 Å². The minimum atomic E-state index is -1.25. The zero-order valence-electron chi connectivity index (χ0n) is 38.9. The number of ketones is 2. The maximum atomic E-state index is 13.5. The van der Waals surface area contributed by atoms with Crippen LogP contribution >= 0.6 is 35.0 Å². The number of anilines is 2. The van der Waals surface area contributed by atoms with Crippen LogP contribution in [0.2, 0.25) is 10.0 Å². The van der Waals surface area contributed by atoms with Crippen molar-refractivity contribution in [3.63, 3.8) is 0 Å². The SMILES string of the molecule is CCCCCCOC(=O)CSc1ncnc2c1ncn2C(C(=O)Nc1ccc(C)cc1Cl)C(=O)C(C)(C)C.Cc1ccc(Cl)c(NC(=O)C(C(=O)C(C)(C)C)n2cnc3c(C)ncnc32)c1. The molecule has 0 fully saturated rings. The Labute approximate surface area is 398 Å². The van der Waals surface area contributed by atoms with Crippen LogP contribution < -0.4 is 10.6 Å². The van der Waals surface area contributed by atoms with E-state index in [4.69, 9.17) is 27.9 Å². The third-order valence-corrected chi connectivity index (χ3v) is 11.8. The lowest BCUT2D eigenvalue weighted by molar-refractivity contribution is -0.140. The number of hydrogen-bond donors (Lipinski definition) is 2. The number of nitrogens with one attached hydrogen (secondary N) is 2. The summed E-state index contributed by atoms with van der Waals surface area (Å²) in [5.74, 6) is -1.92. The largest absolute Gasteiger partial charge is 0.465 e. The van der Waals surface area contributed by atoms with Gasteiger partial charge in [0.25, 0.3) is 11.8 Å². The number of thioether (sulfide) groups is 1. The van der Waals surface area contributed by atoms with Crippen LogP contribution in [0, 0.1) is 31.6 Å². The number of halogens is 2. The Balaban J connectivity index is 0.000000259. The normalized spacial score (nSPS) is 12.5. The van der Waals surface area contributed by atoms with Gasteiger partial charge in [-0.1, -0.05) is 115 Å². The van der Waals surface area contributed by atoms with E-state index in [-0.39, 0.29) is 23.3 Å². The van der Waals surface area contributed by atoms with Gasteiger partial charge in [-0.15, -0.1) is 0 Å². The summed E-state index contributed by atoms with van der Waals surface area (Å²) in [5.41, 5.74) is 3.51. The summed E-state index contributed by atoms with van der Waals surface area (Å²) in [6, 6.07) is 8.17. The lowest BCUT2D eigenvalue weighted by Crippen LogP contribution is -2.38. The van der Waals surface area contributed by atoms with Gasteiger partial charge in [0, 0.05) is 10.8 Å². The monoisotopic (exact) mass is 958 g/mol. The molecule has 4 heterocycles. The van der Waals surface area contributed by atoms with Crippen LogP contribution in [0.4, 0.5) is 11.4 Å². The number of Topliss-reactive ketones (excluding diaryl/α,β-unsaturated/α-hetero) is 2. The number of ether oxygens (including phenoxy) is 1. The Morgan fingerprint density at radius 2 is 1.21 bits per heavy atom. The molecule has 0 saturated carbocycles. The Morgan fingerprint density at radius 3 is 1.80 bits per heavy atom. The number of unbranched alkanes of at least 4 members (excludes halogenated alkanes) is 3. The fraction of sp³-hybridized carbons (Fsp3) is 0.426. The number of aryl methyl sites for hydroxylation is 3. The molecule has 2 N–H and O–H groups in total. The molecule has 0 radical (unpaired) electrons. The second-order valence-electron chi connectivity index (χ2n) is 17.8. The predicted molar refractivity (Wildman–Crippen MR) is 258 cm³/mol. The highest BCUT2D eigenvalue weighted by Crippen LogP contribution is 2.33. The number of benzene rings is 2. The van der Waals surface area contributed by atoms with Gasteiger partial charge in [-0.3, -0.25) is 33.1 Å². The molecule has 6 aromatic rings. The van der Waals surface area contributed by atoms with E-state index in [9.17, 15) is 24.0 Å². The Kier molecular flexibility index (Phi) is 17.2. The number of esters is 1. The summed E-state index contributed by atoms with van der Waals surface area (Å²) >= 11 is 13.7. The second kappa shape index (κ2) is 22.1. The lowest BCUT2D eigenvalue weighted by Gasteiger charge is -2.25. The molecule has 19 heteroatoms. The topological polar surface area (TPSA) is 206 Å². The summed E-state index contributed by atoms with van der Waals surface area (Å²) in [7, 11) is 0. The van der Waals surface area contributed by atoms with E-state index < -0.39 is 34.7 Å². The van der Waals surface area contributed by atoms with Crippen LogP contribution in [0.25, 0.3) is 22.3 Å². The third-order valence-electron chi connectivity index (χ3n) is 10.2. The predicted octanol–water partition coefficient (Wildman–Crippen LogP) is 9.69. The van der Waals surface area contributed by atoms with Crippen molar-refractivity contribution in [3.8, 4) is 0 Å². The van der Waals surface area contributed by atoms with E-state index in [1.165, 1.54) is 46.2 Å². The van der Waals surface area contributed by atoms with Crippen LogP contribution in [0.15, 0.2) is 66.7 Å². The minimum Gasteiger partial charge on any atom is -0.465 e. The van der Waals surface area contributed by atoms with Crippen LogP contribution in [0.3, 0.4) is 0 Å². The maximum absolute atomic E-state index is 13.5. The van der Waals surface area contributed by atoms with Gasteiger partial charge < -0.3 is 15.4 Å². The lowest BCUT2D eigenvalue weighted by atomic mass is 9.86. The number of rotatable bonds is 16. The van der Waals surface area contributed by atoms with E-state index >= 15 is 0 Å². The molecule has 16 nitrogen and oxygen atoms in total. The smallest absolute Gasteiger partial charge is 0.316 e. The molecule has 2 aromatic carbocycles. The molecule has 6 rings (SSSR count).